The molecular weight excluding hydrogens is 369 g/mol. The molecule has 0 fully saturated rings. The van der Waals surface area contributed by atoms with Crippen LogP contribution in [0.4, 0.5) is 10.1 Å². The lowest BCUT2D eigenvalue weighted by Crippen LogP contribution is -2.14. The van der Waals surface area contributed by atoms with Crippen LogP contribution in [-0.2, 0) is 0 Å². The fraction of sp³-hybridized carbons (Fsp3) is 0.136. The number of carbonyl (C=O) groups excluding carboxylic acids is 1. The molecule has 2 aromatic carbocycles. The average Bonchev–Trinajstić information content (AvgIpc) is 3.24. The average molecular weight is 389 g/mol. The Kier molecular flexibility index (Phi) is 4.72. The molecule has 6 nitrogen and oxygen atoms in total. The Bertz CT molecular complexity index is 1180. The Morgan fingerprint density at radius 1 is 0.897 bits per heavy atom. The fourth-order valence-electron chi connectivity index (χ4n) is 3.30. The summed E-state index contributed by atoms with van der Waals surface area (Å²) in [6, 6.07) is 15.7. The molecule has 0 atom stereocenters. The third kappa shape index (κ3) is 3.42. The van der Waals surface area contributed by atoms with Crippen LogP contribution < -0.4 is 5.32 Å². The number of amides is 1. The van der Waals surface area contributed by atoms with Gasteiger partial charge in [0.1, 0.15) is 5.82 Å². The number of hydrogen-bond donors (Lipinski definition) is 1. The number of para-hydroxylation sites is 1. The number of hydrogen-bond acceptors (Lipinski definition) is 3. The van der Waals surface area contributed by atoms with Gasteiger partial charge in [0.2, 0.25) is 0 Å². The second-order valence-electron chi connectivity index (χ2n) is 6.78. The standard InChI is InChI=1S/C22H20FN5O/c1-14-21(16(3)28(26-14)18-7-5-4-6-8-18)25-22(29)20-13-24-27(15(20)2)19-11-9-17(23)10-12-19/h4-13H,1-3H3,(H,25,29). The Hall–Kier alpha value is -3.74. The van der Waals surface area contributed by atoms with Crippen molar-refractivity contribution in [1.29, 1.82) is 0 Å². The van der Waals surface area contributed by atoms with Crippen molar-refractivity contribution >= 4 is 11.6 Å². The number of benzene rings is 2. The molecule has 0 spiro atoms. The number of nitrogens with one attached hydrogen (secondary N) is 1. The number of aryl methyl sites for hydroxylation is 1. The molecule has 4 rings (SSSR count). The second-order valence-corrected chi connectivity index (χ2v) is 6.78. The molecule has 0 unspecified atom stereocenters. The molecule has 4 aromatic rings. The maximum Gasteiger partial charge on any atom is 0.259 e. The monoisotopic (exact) mass is 389 g/mol. The van der Waals surface area contributed by atoms with Crippen LogP contribution in [0.1, 0.15) is 27.4 Å². The van der Waals surface area contributed by atoms with Crippen LogP contribution in [-0.4, -0.2) is 25.5 Å². The van der Waals surface area contributed by atoms with Crippen molar-refractivity contribution in [2.24, 2.45) is 0 Å². The summed E-state index contributed by atoms with van der Waals surface area (Å²) in [5.41, 5.74) is 4.96. The minimum atomic E-state index is -0.321. The van der Waals surface area contributed by atoms with Crippen molar-refractivity contribution in [2.75, 3.05) is 5.32 Å². The van der Waals surface area contributed by atoms with E-state index in [1.54, 1.807) is 28.4 Å². The molecule has 2 aromatic heterocycles. The molecule has 146 valence electrons. The predicted molar refractivity (Wildman–Crippen MR) is 109 cm³/mol. The minimum Gasteiger partial charge on any atom is -0.319 e. The summed E-state index contributed by atoms with van der Waals surface area (Å²) in [4.78, 5) is 12.9. The van der Waals surface area contributed by atoms with Gasteiger partial charge in [-0.3, -0.25) is 4.79 Å². The molecule has 0 bridgehead atoms. The zero-order valence-corrected chi connectivity index (χ0v) is 16.3. The SMILES string of the molecule is Cc1nn(-c2ccccc2)c(C)c1NC(=O)c1cnn(-c2ccc(F)cc2)c1C. The van der Waals surface area contributed by atoms with E-state index in [4.69, 9.17) is 0 Å². The highest BCUT2D eigenvalue weighted by Crippen LogP contribution is 2.24. The van der Waals surface area contributed by atoms with Crippen LogP contribution >= 0.6 is 0 Å². The first kappa shape index (κ1) is 18.6. The van der Waals surface area contributed by atoms with Gasteiger partial charge in [-0.15, -0.1) is 0 Å². The third-order valence-electron chi connectivity index (χ3n) is 4.86. The molecule has 2 heterocycles. The molecule has 0 aliphatic heterocycles. The summed E-state index contributed by atoms with van der Waals surface area (Å²) in [6.07, 6.45) is 1.51. The van der Waals surface area contributed by atoms with Gasteiger partial charge in [-0.25, -0.2) is 13.8 Å². The van der Waals surface area contributed by atoms with Crippen LogP contribution in [0.2, 0.25) is 0 Å². The summed E-state index contributed by atoms with van der Waals surface area (Å²) in [7, 11) is 0. The van der Waals surface area contributed by atoms with Gasteiger partial charge < -0.3 is 5.32 Å². The van der Waals surface area contributed by atoms with Crippen molar-refractivity contribution in [3.63, 3.8) is 0 Å². The zero-order chi connectivity index (χ0) is 20.5. The minimum absolute atomic E-state index is 0.269. The van der Waals surface area contributed by atoms with E-state index < -0.39 is 0 Å². The maximum absolute atomic E-state index is 13.2. The van der Waals surface area contributed by atoms with Gasteiger partial charge in [0.15, 0.2) is 0 Å². The topological polar surface area (TPSA) is 64.7 Å². The van der Waals surface area contributed by atoms with E-state index in [0.717, 1.165) is 17.1 Å². The van der Waals surface area contributed by atoms with E-state index in [1.165, 1.54) is 18.3 Å². The molecule has 0 radical (unpaired) electrons. The summed E-state index contributed by atoms with van der Waals surface area (Å²) in [6.45, 7) is 5.58. The number of rotatable bonds is 4. The zero-order valence-electron chi connectivity index (χ0n) is 16.3. The molecule has 29 heavy (non-hydrogen) atoms. The Labute approximate surface area is 167 Å². The number of carbonyl (C=O) groups is 1. The highest BCUT2D eigenvalue weighted by atomic mass is 19.1. The van der Waals surface area contributed by atoms with Gasteiger partial charge >= 0.3 is 0 Å². The Morgan fingerprint density at radius 2 is 1.55 bits per heavy atom. The summed E-state index contributed by atoms with van der Waals surface area (Å²) >= 11 is 0. The number of anilines is 1. The molecule has 0 aliphatic carbocycles. The lowest BCUT2D eigenvalue weighted by Gasteiger charge is -2.08. The second kappa shape index (κ2) is 7.35. The van der Waals surface area contributed by atoms with E-state index >= 15 is 0 Å². The van der Waals surface area contributed by atoms with E-state index in [0.29, 0.717) is 22.6 Å². The molecule has 1 N–H and O–H groups in total. The lowest BCUT2D eigenvalue weighted by molar-refractivity contribution is 0.102. The van der Waals surface area contributed by atoms with E-state index in [1.807, 2.05) is 44.2 Å². The van der Waals surface area contributed by atoms with Crippen LogP contribution in [0, 0.1) is 26.6 Å². The van der Waals surface area contributed by atoms with Crippen molar-refractivity contribution in [3.05, 3.63) is 89.3 Å². The molecular formula is C22H20FN5O. The van der Waals surface area contributed by atoms with E-state index in [9.17, 15) is 9.18 Å². The van der Waals surface area contributed by atoms with Gasteiger partial charge in [-0.2, -0.15) is 10.2 Å². The van der Waals surface area contributed by atoms with E-state index in [2.05, 4.69) is 15.5 Å². The molecule has 1 amide bonds. The fourth-order valence-corrected chi connectivity index (χ4v) is 3.30. The normalized spacial score (nSPS) is 10.9. The molecule has 0 aliphatic rings. The van der Waals surface area contributed by atoms with Crippen LogP contribution in [0.25, 0.3) is 11.4 Å². The predicted octanol–water partition coefficient (Wildman–Crippen LogP) is 4.37. The number of aromatic nitrogens is 4. The van der Waals surface area contributed by atoms with Crippen LogP contribution in [0.5, 0.6) is 0 Å². The first-order valence-electron chi connectivity index (χ1n) is 9.19. The highest BCUT2D eigenvalue weighted by molar-refractivity contribution is 6.05. The number of halogens is 1. The third-order valence-corrected chi connectivity index (χ3v) is 4.86. The van der Waals surface area contributed by atoms with E-state index in [-0.39, 0.29) is 11.7 Å². The van der Waals surface area contributed by atoms with Crippen LogP contribution in [0.3, 0.4) is 0 Å². The van der Waals surface area contributed by atoms with Crippen molar-refractivity contribution in [3.8, 4) is 11.4 Å². The Balaban J connectivity index is 1.63. The quantitative estimate of drug-likeness (QED) is 0.564. The Morgan fingerprint density at radius 3 is 2.24 bits per heavy atom. The molecule has 0 saturated carbocycles. The van der Waals surface area contributed by atoms with Gasteiger partial charge in [0, 0.05) is 0 Å². The summed E-state index contributed by atoms with van der Waals surface area (Å²) in [5, 5.41) is 11.8. The van der Waals surface area contributed by atoms with Gasteiger partial charge in [-0.05, 0) is 57.2 Å². The first-order valence-corrected chi connectivity index (χ1v) is 9.19. The molecule has 7 heteroatoms. The maximum atomic E-state index is 13.2. The van der Waals surface area contributed by atoms with Gasteiger partial charge in [-0.1, -0.05) is 18.2 Å². The van der Waals surface area contributed by atoms with Crippen molar-refractivity contribution in [1.82, 2.24) is 19.6 Å². The number of nitrogens with zero attached hydrogens (tertiary/aromatic N) is 4. The highest BCUT2D eigenvalue weighted by Gasteiger charge is 2.19. The van der Waals surface area contributed by atoms with Crippen molar-refractivity contribution in [2.45, 2.75) is 20.8 Å². The smallest absolute Gasteiger partial charge is 0.259 e. The summed E-state index contributed by atoms with van der Waals surface area (Å²) in [5.74, 6) is -0.590. The largest absolute Gasteiger partial charge is 0.319 e. The summed E-state index contributed by atoms with van der Waals surface area (Å²) < 4.78 is 16.6. The van der Waals surface area contributed by atoms with Crippen LogP contribution in [0.15, 0.2) is 60.8 Å². The van der Waals surface area contributed by atoms with Crippen molar-refractivity contribution < 1.29 is 9.18 Å². The van der Waals surface area contributed by atoms with Gasteiger partial charge in [0.25, 0.3) is 5.91 Å². The lowest BCUT2D eigenvalue weighted by atomic mass is 10.2. The van der Waals surface area contributed by atoms with Gasteiger partial charge in [0.05, 0.1) is 45.9 Å². The molecule has 0 saturated heterocycles. The first-order chi connectivity index (χ1) is 14.0.